The number of benzene rings is 1. The molecule has 1 aromatic carbocycles. The number of hydrogen-bond donors (Lipinski definition) is 2. The van der Waals surface area contributed by atoms with Crippen LogP contribution in [0.4, 0.5) is 18.9 Å². The van der Waals surface area contributed by atoms with Gasteiger partial charge in [-0.15, -0.1) is 0 Å². The maximum Gasteiger partial charge on any atom is 0.416 e. The Balaban J connectivity index is 1.84. The summed E-state index contributed by atoms with van der Waals surface area (Å²) in [7, 11) is 0. The lowest BCUT2D eigenvalue weighted by atomic mass is 10.00. The van der Waals surface area contributed by atoms with Crippen LogP contribution < -0.4 is 10.6 Å². The van der Waals surface area contributed by atoms with Gasteiger partial charge in [-0.25, -0.2) is 0 Å². The van der Waals surface area contributed by atoms with Gasteiger partial charge in [-0.05, 0) is 42.5 Å². The van der Waals surface area contributed by atoms with E-state index in [0.717, 1.165) is 31.1 Å². The second-order valence-corrected chi connectivity index (χ2v) is 6.02. The van der Waals surface area contributed by atoms with Crippen molar-refractivity contribution in [3.63, 3.8) is 0 Å². The number of nitrogens with zero attached hydrogens (tertiary/aromatic N) is 1. The molecule has 3 unspecified atom stereocenters. The van der Waals surface area contributed by atoms with E-state index < -0.39 is 11.7 Å². The van der Waals surface area contributed by atoms with Gasteiger partial charge in [-0.3, -0.25) is 0 Å². The standard InChI is InChI=1S/C15H19F3N2O/c16-15(17,18)13-3-2-11(5-10(13)6-19)20-7-9-1-4-14(21)12(9)8-20/h2-3,5,9,12,14,21H,1,4,6-8,19H2. The summed E-state index contributed by atoms with van der Waals surface area (Å²) in [5.41, 5.74) is 5.70. The van der Waals surface area contributed by atoms with Crippen LogP contribution in [-0.4, -0.2) is 24.3 Å². The predicted molar refractivity (Wildman–Crippen MR) is 73.8 cm³/mol. The molecule has 3 nitrogen and oxygen atoms in total. The SMILES string of the molecule is NCc1cc(N2CC3CCC(O)C3C2)ccc1C(F)(F)F. The van der Waals surface area contributed by atoms with E-state index in [1.807, 2.05) is 0 Å². The molecule has 0 amide bonds. The van der Waals surface area contributed by atoms with Gasteiger partial charge in [0.25, 0.3) is 0 Å². The lowest BCUT2D eigenvalue weighted by Crippen LogP contribution is -2.25. The molecule has 3 rings (SSSR count). The average molecular weight is 300 g/mol. The molecule has 1 saturated carbocycles. The summed E-state index contributed by atoms with van der Waals surface area (Å²) in [6.07, 6.45) is -2.81. The summed E-state index contributed by atoms with van der Waals surface area (Å²) in [6.45, 7) is 1.38. The van der Waals surface area contributed by atoms with Crippen molar-refractivity contribution in [2.75, 3.05) is 18.0 Å². The number of hydrogen-bond acceptors (Lipinski definition) is 3. The fraction of sp³-hybridized carbons (Fsp3) is 0.600. The van der Waals surface area contributed by atoms with E-state index in [2.05, 4.69) is 4.90 Å². The van der Waals surface area contributed by atoms with E-state index in [1.54, 1.807) is 0 Å². The Morgan fingerprint density at radius 2 is 2.00 bits per heavy atom. The fourth-order valence-corrected chi connectivity index (χ4v) is 3.67. The Morgan fingerprint density at radius 3 is 2.62 bits per heavy atom. The Bertz CT molecular complexity index is 532. The molecule has 2 fully saturated rings. The van der Waals surface area contributed by atoms with Gasteiger partial charge >= 0.3 is 6.18 Å². The van der Waals surface area contributed by atoms with Crippen molar-refractivity contribution in [2.24, 2.45) is 17.6 Å². The Hall–Kier alpha value is -1.27. The van der Waals surface area contributed by atoms with Gasteiger partial charge in [0.1, 0.15) is 0 Å². The molecule has 1 aliphatic heterocycles. The number of anilines is 1. The van der Waals surface area contributed by atoms with Crippen LogP contribution in [0.3, 0.4) is 0 Å². The molecular weight excluding hydrogens is 281 g/mol. The minimum absolute atomic E-state index is 0.123. The molecule has 0 aromatic heterocycles. The summed E-state index contributed by atoms with van der Waals surface area (Å²) in [5.74, 6) is 0.692. The van der Waals surface area contributed by atoms with Crippen LogP contribution in [-0.2, 0) is 12.7 Å². The number of nitrogens with two attached hydrogens (primary N) is 1. The normalized spacial score (nSPS) is 29.0. The molecule has 3 atom stereocenters. The van der Waals surface area contributed by atoms with E-state index in [0.29, 0.717) is 12.5 Å². The van der Waals surface area contributed by atoms with Crippen LogP contribution in [0.15, 0.2) is 18.2 Å². The summed E-state index contributed by atoms with van der Waals surface area (Å²) in [6, 6.07) is 4.16. The highest BCUT2D eigenvalue weighted by molar-refractivity contribution is 5.53. The van der Waals surface area contributed by atoms with Crippen molar-refractivity contribution in [2.45, 2.75) is 31.7 Å². The van der Waals surface area contributed by atoms with Gasteiger partial charge in [0.05, 0.1) is 11.7 Å². The lowest BCUT2D eigenvalue weighted by molar-refractivity contribution is -0.138. The number of fused-ring (bicyclic) bond motifs is 1. The van der Waals surface area contributed by atoms with E-state index >= 15 is 0 Å². The van der Waals surface area contributed by atoms with Gasteiger partial charge in [0.15, 0.2) is 0 Å². The molecule has 0 bridgehead atoms. The fourth-order valence-electron chi connectivity index (χ4n) is 3.67. The highest BCUT2D eigenvalue weighted by Gasteiger charge is 2.42. The van der Waals surface area contributed by atoms with Crippen LogP contribution in [0.25, 0.3) is 0 Å². The average Bonchev–Trinajstić information content (AvgIpc) is 3.00. The third kappa shape index (κ3) is 2.62. The Morgan fingerprint density at radius 1 is 1.24 bits per heavy atom. The van der Waals surface area contributed by atoms with Crippen LogP contribution in [0.1, 0.15) is 24.0 Å². The summed E-state index contributed by atoms with van der Waals surface area (Å²) in [5, 5.41) is 9.92. The smallest absolute Gasteiger partial charge is 0.393 e. The van der Waals surface area contributed by atoms with Crippen molar-refractivity contribution in [1.29, 1.82) is 0 Å². The molecule has 116 valence electrons. The van der Waals surface area contributed by atoms with E-state index in [4.69, 9.17) is 5.73 Å². The molecule has 0 spiro atoms. The Labute approximate surface area is 121 Å². The summed E-state index contributed by atoms with van der Waals surface area (Å²) in [4.78, 5) is 2.07. The zero-order valence-corrected chi connectivity index (χ0v) is 11.6. The highest BCUT2D eigenvalue weighted by Crippen LogP contribution is 2.41. The summed E-state index contributed by atoms with van der Waals surface area (Å²) < 4.78 is 38.6. The van der Waals surface area contributed by atoms with Gasteiger partial charge < -0.3 is 15.7 Å². The van der Waals surface area contributed by atoms with Crippen molar-refractivity contribution < 1.29 is 18.3 Å². The maximum absolute atomic E-state index is 12.9. The zero-order valence-electron chi connectivity index (χ0n) is 11.6. The molecule has 1 saturated heterocycles. The monoisotopic (exact) mass is 300 g/mol. The van der Waals surface area contributed by atoms with Crippen molar-refractivity contribution in [3.05, 3.63) is 29.3 Å². The van der Waals surface area contributed by atoms with Crippen LogP contribution in [0.5, 0.6) is 0 Å². The van der Waals surface area contributed by atoms with E-state index in [9.17, 15) is 18.3 Å². The molecule has 1 aromatic rings. The van der Waals surface area contributed by atoms with Gasteiger partial charge in [0.2, 0.25) is 0 Å². The van der Waals surface area contributed by atoms with Crippen LogP contribution in [0, 0.1) is 11.8 Å². The van der Waals surface area contributed by atoms with Crippen molar-refractivity contribution in [1.82, 2.24) is 0 Å². The number of aliphatic hydroxyl groups is 1. The first-order chi connectivity index (χ1) is 9.90. The van der Waals surface area contributed by atoms with Gasteiger partial charge in [-0.1, -0.05) is 0 Å². The number of rotatable bonds is 2. The second kappa shape index (κ2) is 5.18. The van der Waals surface area contributed by atoms with Crippen molar-refractivity contribution >= 4 is 5.69 Å². The topological polar surface area (TPSA) is 49.5 Å². The highest BCUT2D eigenvalue weighted by atomic mass is 19.4. The third-order valence-corrected chi connectivity index (χ3v) is 4.80. The Kier molecular flexibility index (Phi) is 3.61. The first-order valence-electron chi connectivity index (χ1n) is 7.23. The first kappa shape index (κ1) is 14.7. The number of alkyl halides is 3. The largest absolute Gasteiger partial charge is 0.416 e. The third-order valence-electron chi connectivity index (χ3n) is 4.80. The molecule has 0 radical (unpaired) electrons. The van der Waals surface area contributed by atoms with Crippen LogP contribution >= 0.6 is 0 Å². The maximum atomic E-state index is 12.9. The number of halogens is 3. The van der Waals surface area contributed by atoms with Crippen molar-refractivity contribution in [3.8, 4) is 0 Å². The minimum atomic E-state index is -4.37. The molecule has 1 heterocycles. The van der Waals surface area contributed by atoms with Crippen LogP contribution in [0.2, 0.25) is 0 Å². The van der Waals surface area contributed by atoms with Gasteiger partial charge in [0, 0.05) is 31.2 Å². The van der Waals surface area contributed by atoms with E-state index in [-0.39, 0.29) is 24.1 Å². The zero-order chi connectivity index (χ0) is 15.2. The molecule has 1 aliphatic carbocycles. The number of aliphatic hydroxyl groups excluding tert-OH is 1. The molecule has 6 heteroatoms. The summed E-state index contributed by atoms with van der Waals surface area (Å²) >= 11 is 0. The molecular formula is C15H19F3N2O. The molecule has 21 heavy (non-hydrogen) atoms. The second-order valence-electron chi connectivity index (χ2n) is 6.02. The minimum Gasteiger partial charge on any atom is -0.393 e. The van der Waals surface area contributed by atoms with E-state index in [1.165, 1.54) is 12.1 Å². The first-order valence-corrected chi connectivity index (χ1v) is 7.23. The quantitative estimate of drug-likeness (QED) is 0.881. The van der Waals surface area contributed by atoms with Gasteiger partial charge in [-0.2, -0.15) is 13.2 Å². The molecule has 2 aliphatic rings. The predicted octanol–water partition coefficient (Wildman–Crippen LogP) is 2.37. The molecule has 3 N–H and O–H groups in total. The lowest BCUT2D eigenvalue weighted by Gasteiger charge is -2.22.